The van der Waals surface area contributed by atoms with Gasteiger partial charge in [-0.3, -0.25) is 0 Å². The molecule has 1 aromatic heterocycles. The minimum atomic E-state index is 0.743. The minimum Gasteiger partial charge on any atom is -0.313 e. The van der Waals surface area contributed by atoms with Crippen molar-refractivity contribution in [3.05, 3.63) is 17.5 Å². The van der Waals surface area contributed by atoms with E-state index in [1.807, 2.05) is 23.1 Å². The first-order valence-corrected chi connectivity index (χ1v) is 7.16. The maximum atomic E-state index is 3.59. The zero-order valence-electron chi connectivity index (χ0n) is 8.53. The highest BCUT2D eigenvalue weighted by Gasteiger charge is 2.30. The van der Waals surface area contributed by atoms with Crippen molar-refractivity contribution < 1.29 is 0 Å². The van der Waals surface area contributed by atoms with Crippen LogP contribution in [0.3, 0.4) is 0 Å². The van der Waals surface area contributed by atoms with Gasteiger partial charge >= 0.3 is 0 Å². The maximum Gasteiger partial charge on any atom is 0.0599 e. The predicted molar refractivity (Wildman–Crippen MR) is 65.2 cm³/mol. The van der Waals surface area contributed by atoms with E-state index in [-0.39, 0.29) is 0 Å². The normalized spacial score (nSPS) is 18.4. The fraction of sp³-hybridized carbons (Fsp3) is 0.636. The van der Waals surface area contributed by atoms with Gasteiger partial charge in [-0.25, -0.2) is 0 Å². The van der Waals surface area contributed by atoms with Gasteiger partial charge in [0.25, 0.3) is 0 Å². The summed E-state index contributed by atoms with van der Waals surface area (Å²) in [6.45, 7) is 3.30. The molecule has 1 unspecified atom stereocenters. The highest BCUT2D eigenvalue weighted by atomic mass is 32.2. The molecule has 78 valence electrons. The van der Waals surface area contributed by atoms with Crippen LogP contribution in [0.25, 0.3) is 0 Å². The summed E-state index contributed by atoms with van der Waals surface area (Å²) in [5.74, 6) is 2.20. The number of hydrogen-bond acceptors (Lipinski definition) is 3. The van der Waals surface area contributed by atoms with Crippen molar-refractivity contribution in [2.24, 2.45) is 5.92 Å². The van der Waals surface area contributed by atoms with E-state index >= 15 is 0 Å². The first kappa shape index (κ1) is 10.5. The molecule has 14 heavy (non-hydrogen) atoms. The molecule has 1 aliphatic rings. The van der Waals surface area contributed by atoms with E-state index in [0.717, 1.165) is 18.5 Å². The molecular weight excluding hydrogens is 210 g/mol. The fourth-order valence-electron chi connectivity index (χ4n) is 1.64. The van der Waals surface area contributed by atoms with Crippen molar-refractivity contribution >= 4 is 23.1 Å². The van der Waals surface area contributed by atoms with Crippen molar-refractivity contribution in [3.8, 4) is 0 Å². The van der Waals surface area contributed by atoms with Gasteiger partial charge in [-0.1, -0.05) is 13.0 Å². The van der Waals surface area contributed by atoms with E-state index in [9.17, 15) is 0 Å². The van der Waals surface area contributed by atoms with Crippen LogP contribution < -0.4 is 5.32 Å². The lowest BCUT2D eigenvalue weighted by Crippen LogP contribution is -2.32. The van der Waals surface area contributed by atoms with Gasteiger partial charge in [0.05, 0.1) is 4.21 Å². The topological polar surface area (TPSA) is 12.0 Å². The Kier molecular flexibility index (Phi) is 3.90. The van der Waals surface area contributed by atoms with E-state index in [1.165, 1.54) is 22.8 Å². The van der Waals surface area contributed by atoms with Gasteiger partial charge < -0.3 is 5.32 Å². The second-order valence-electron chi connectivity index (χ2n) is 3.74. The predicted octanol–water partition coefficient (Wildman–Crippen LogP) is 3.23. The lowest BCUT2D eigenvalue weighted by Gasteiger charge is -2.15. The van der Waals surface area contributed by atoms with Crippen LogP contribution in [-0.2, 0) is 0 Å². The minimum absolute atomic E-state index is 0.743. The number of thioether (sulfide) groups is 1. The smallest absolute Gasteiger partial charge is 0.0599 e. The van der Waals surface area contributed by atoms with Crippen molar-refractivity contribution in [1.82, 2.24) is 5.32 Å². The monoisotopic (exact) mass is 227 g/mol. The molecule has 1 saturated carbocycles. The van der Waals surface area contributed by atoms with E-state index < -0.39 is 0 Å². The Morgan fingerprint density at radius 3 is 3.07 bits per heavy atom. The Morgan fingerprint density at radius 1 is 1.64 bits per heavy atom. The zero-order valence-corrected chi connectivity index (χ0v) is 10.2. The van der Waals surface area contributed by atoms with Crippen LogP contribution >= 0.6 is 23.1 Å². The summed E-state index contributed by atoms with van der Waals surface area (Å²) in [4.78, 5) is 0. The van der Waals surface area contributed by atoms with Crippen molar-refractivity contribution in [3.63, 3.8) is 0 Å². The third-order valence-corrected chi connectivity index (χ3v) is 4.81. The lowest BCUT2D eigenvalue weighted by atomic mass is 10.2. The number of hydrogen-bond donors (Lipinski definition) is 1. The van der Waals surface area contributed by atoms with Gasteiger partial charge in [0, 0.05) is 11.8 Å². The number of thiophene rings is 1. The van der Waals surface area contributed by atoms with E-state index in [1.54, 1.807) is 0 Å². The zero-order chi connectivity index (χ0) is 9.80. The second kappa shape index (κ2) is 5.19. The maximum absolute atomic E-state index is 3.59. The Balaban J connectivity index is 1.76. The quantitative estimate of drug-likeness (QED) is 0.749. The van der Waals surface area contributed by atoms with Crippen LogP contribution in [0.5, 0.6) is 0 Å². The van der Waals surface area contributed by atoms with Gasteiger partial charge in [-0.05, 0) is 36.8 Å². The molecule has 0 bridgehead atoms. The molecule has 1 heterocycles. The lowest BCUT2D eigenvalue weighted by molar-refractivity contribution is 0.519. The third kappa shape index (κ3) is 3.01. The van der Waals surface area contributed by atoms with Crippen molar-refractivity contribution in [2.75, 3.05) is 12.3 Å². The molecule has 0 spiro atoms. The average Bonchev–Trinajstić information content (AvgIpc) is 2.90. The average molecular weight is 227 g/mol. The molecule has 1 nitrogen and oxygen atoms in total. The summed E-state index contributed by atoms with van der Waals surface area (Å²) in [6.07, 6.45) is 2.87. The highest BCUT2D eigenvalue weighted by Crippen LogP contribution is 2.35. The van der Waals surface area contributed by atoms with Crippen LogP contribution in [-0.4, -0.2) is 18.3 Å². The Morgan fingerprint density at radius 2 is 2.50 bits per heavy atom. The molecule has 0 saturated heterocycles. The van der Waals surface area contributed by atoms with Gasteiger partial charge in [0.1, 0.15) is 0 Å². The van der Waals surface area contributed by atoms with E-state index in [2.05, 4.69) is 29.8 Å². The van der Waals surface area contributed by atoms with Crippen LogP contribution in [0.4, 0.5) is 0 Å². The van der Waals surface area contributed by atoms with Crippen LogP contribution in [0.1, 0.15) is 19.8 Å². The van der Waals surface area contributed by atoms with Gasteiger partial charge in [-0.2, -0.15) is 0 Å². The molecule has 1 aromatic rings. The molecule has 1 aliphatic carbocycles. The molecular formula is C11H17NS2. The summed E-state index contributed by atoms with van der Waals surface area (Å²) in [7, 11) is 0. The molecule has 1 fully saturated rings. The third-order valence-electron chi connectivity index (χ3n) is 2.56. The molecule has 2 rings (SSSR count). The first-order valence-electron chi connectivity index (χ1n) is 5.30. The summed E-state index contributed by atoms with van der Waals surface area (Å²) >= 11 is 3.85. The number of nitrogens with one attached hydrogen (secondary N) is 1. The molecule has 1 N–H and O–H groups in total. The summed E-state index contributed by atoms with van der Waals surface area (Å²) < 4.78 is 1.45. The SMILES string of the molecule is CCNC(CSc1cccs1)C1CC1. The second-order valence-corrected chi connectivity index (χ2v) is 6.01. The van der Waals surface area contributed by atoms with E-state index in [0.29, 0.717) is 0 Å². The van der Waals surface area contributed by atoms with Crippen molar-refractivity contribution in [2.45, 2.75) is 30.0 Å². The van der Waals surface area contributed by atoms with E-state index in [4.69, 9.17) is 0 Å². The fourth-order valence-corrected chi connectivity index (χ4v) is 3.64. The molecule has 0 aromatic carbocycles. The molecule has 0 aliphatic heterocycles. The summed E-state index contributed by atoms with van der Waals surface area (Å²) in [6, 6.07) is 5.09. The summed E-state index contributed by atoms with van der Waals surface area (Å²) in [5, 5.41) is 5.75. The van der Waals surface area contributed by atoms with Crippen LogP contribution in [0.15, 0.2) is 21.7 Å². The largest absolute Gasteiger partial charge is 0.313 e. The standard InChI is InChI=1S/C11H17NS2/c1-2-12-10(9-5-6-9)8-14-11-4-3-7-13-11/h3-4,7,9-10,12H,2,5-6,8H2,1H3. The molecule has 1 atom stereocenters. The Labute approximate surface area is 94.3 Å². The molecule has 3 heteroatoms. The summed E-state index contributed by atoms with van der Waals surface area (Å²) in [5.41, 5.74) is 0. The molecule has 0 amide bonds. The Hall–Kier alpha value is 0.01000. The highest BCUT2D eigenvalue weighted by molar-refractivity contribution is 8.01. The van der Waals surface area contributed by atoms with Crippen LogP contribution in [0.2, 0.25) is 0 Å². The van der Waals surface area contributed by atoms with Gasteiger partial charge in [0.15, 0.2) is 0 Å². The Bertz CT molecular complexity index is 254. The van der Waals surface area contributed by atoms with Gasteiger partial charge in [-0.15, -0.1) is 23.1 Å². The van der Waals surface area contributed by atoms with Crippen molar-refractivity contribution in [1.29, 1.82) is 0 Å². The van der Waals surface area contributed by atoms with Crippen LogP contribution in [0, 0.1) is 5.92 Å². The first-order chi connectivity index (χ1) is 6.90. The van der Waals surface area contributed by atoms with Gasteiger partial charge in [0.2, 0.25) is 0 Å². The molecule has 0 radical (unpaired) electrons. The number of rotatable bonds is 6.